The van der Waals surface area contributed by atoms with Gasteiger partial charge in [-0.25, -0.2) is 14.6 Å². The Morgan fingerprint density at radius 2 is 2.06 bits per heavy atom. The zero-order chi connectivity index (χ0) is 24.8. The molecule has 0 spiro atoms. The van der Waals surface area contributed by atoms with E-state index in [-0.39, 0.29) is 0 Å². The number of aryl methyl sites for hydroxylation is 1. The molecule has 0 amide bonds. The van der Waals surface area contributed by atoms with E-state index in [0.717, 1.165) is 41.4 Å². The molecule has 5 aromatic rings. The standard InChI is InChI=1S/C26H24N8O2/c1-15-9-19(11-27)32-34(15)26-20(16(2)35)4-8-25(31-26)33-14-28-22-10-18(3-6-23(22)33)29-24-7-5-21(30-24)17-12-36-13-17/h3-10,14,16-17,29-30,35H,12-13H2,1-2H3. The van der Waals surface area contributed by atoms with E-state index < -0.39 is 6.10 Å². The fourth-order valence-corrected chi connectivity index (χ4v) is 4.39. The van der Waals surface area contributed by atoms with E-state index >= 15 is 0 Å². The number of fused-ring (bicyclic) bond motifs is 1. The number of hydrogen-bond donors (Lipinski definition) is 3. The number of pyridine rings is 1. The molecular formula is C26H24N8O2. The summed E-state index contributed by atoms with van der Waals surface area (Å²) < 4.78 is 8.76. The normalized spacial score (nSPS) is 14.5. The number of H-pyrrole nitrogens is 1. The molecule has 1 fully saturated rings. The molecule has 4 aromatic heterocycles. The molecule has 3 N–H and O–H groups in total. The Kier molecular flexibility index (Phi) is 5.29. The Bertz CT molecular complexity index is 1620. The number of ether oxygens (including phenoxy) is 1. The van der Waals surface area contributed by atoms with Crippen LogP contribution in [0.1, 0.15) is 41.6 Å². The van der Waals surface area contributed by atoms with Gasteiger partial charge in [0.1, 0.15) is 24.0 Å². The second-order valence-electron chi connectivity index (χ2n) is 8.96. The van der Waals surface area contributed by atoms with Crippen molar-refractivity contribution in [3.63, 3.8) is 0 Å². The summed E-state index contributed by atoms with van der Waals surface area (Å²) in [6.07, 6.45) is 0.969. The van der Waals surface area contributed by atoms with Crippen molar-refractivity contribution in [1.82, 2.24) is 29.3 Å². The maximum atomic E-state index is 10.3. The first-order valence-corrected chi connectivity index (χ1v) is 11.7. The predicted octanol–water partition coefficient (Wildman–Crippen LogP) is 4.03. The highest BCUT2D eigenvalue weighted by Crippen LogP contribution is 2.28. The van der Waals surface area contributed by atoms with Crippen LogP contribution >= 0.6 is 0 Å². The summed E-state index contributed by atoms with van der Waals surface area (Å²) in [5.74, 6) is 2.46. The van der Waals surface area contributed by atoms with Crippen molar-refractivity contribution in [1.29, 1.82) is 5.26 Å². The van der Waals surface area contributed by atoms with Crippen LogP contribution in [0.5, 0.6) is 0 Å². The fraction of sp³-hybridized carbons (Fsp3) is 0.231. The quantitative estimate of drug-likeness (QED) is 0.335. The second kappa shape index (κ2) is 8.64. The number of rotatable bonds is 6. The summed E-state index contributed by atoms with van der Waals surface area (Å²) in [6, 6.07) is 17.5. The van der Waals surface area contributed by atoms with Crippen molar-refractivity contribution in [3.8, 4) is 17.7 Å². The maximum absolute atomic E-state index is 10.3. The molecule has 10 heteroatoms. The summed E-state index contributed by atoms with van der Waals surface area (Å²) in [4.78, 5) is 12.8. The molecule has 6 rings (SSSR count). The third kappa shape index (κ3) is 3.80. The molecule has 1 aromatic carbocycles. The van der Waals surface area contributed by atoms with Crippen LogP contribution in [0.3, 0.4) is 0 Å². The van der Waals surface area contributed by atoms with Gasteiger partial charge in [-0.2, -0.15) is 10.4 Å². The van der Waals surface area contributed by atoms with Crippen molar-refractivity contribution in [2.45, 2.75) is 25.9 Å². The van der Waals surface area contributed by atoms with Crippen LogP contribution in [-0.2, 0) is 4.74 Å². The molecule has 1 aliphatic heterocycles. The highest BCUT2D eigenvalue weighted by atomic mass is 16.5. The third-order valence-corrected chi connectivity index (χ3v) is 6.40. The molecule has 1 saturated heterocycles. The maximum Gasteiger partial charge on any atom is 0.163 e. The van der Waals surface area contributed by atoms with E-state index in [1.165, 1.54) is 5.69 Å². The van der Waals surface area contributed by atoms with Gasteiger partial charge in [-0.15, -0.1) is 0 Å². The minimum atomic E-state index is -0.755. The largest absolute Gasteiger partial charge is 0.389 e. The highest BCUT2D eigenvalue weighted by Gasteiger charge is 2.22. The second-order valence-corrected chi connectivity index (χ2v) is 8.96. The van der Waals surface area contributed by atoms with Crippen LogP contribution < -0.4 is 5.32 Å². The van der Waals surface area contributed by atoms with Gasteiger partial charge < -0.3 is 20.1 Å². The lowest BCUT2D eigenvalue weighted by Crippen LogP contribution is -2.25. The predicted molar refractivity (Wildman–Crippen MR) is 134 cm³/mol. The van der Waals surface area contributed by atoms with Gasteiger partial charge in [0.25, 0.3) is 0 Å². The number of aromatic nitrogens is 6. The van der Waals surface area contributed by atoms with Gasteiger partial charge >= 0.3 is 0 Å². The molecule has 0 radical (unpaired) electrons. The van der Waals surface area contributed by atoms with Crippen molar-refractivity contribution in [2.75, 3.05) is 18.5 Å². The summed E-state index contributed by atoms with van der Waals surface area (Å²) in [7, 11) is 0. The topological polar surface area (TPSA) is 130 Å². The van der Waals surface area contributed by atoms with E-state index in [4.69, 9.17) is 9.72 Å². The van der Waals surface area contributed by atoms with Gasteiger partial charge in [0, 0.05) is 28.6 Å². The van der Waals surface area contributed by atoms with E-state index in [0.29, 0.717) is 28.8 Å². The van der Waals surface area contributed by atoms with Gasteiger partial charge in [-0.3, -0.25) is 4.57 Å². The molecular weight excluding hydrogens is 456 g/mol. The van der Waals surface area contributed by atoms with Gasteiger partial charge in [0.2, 0.25) is 0 Å². The molecule has 180 valence electrons. The number of anilines is 2. The van der Waals surface area contributed by atoms with Gasteiger partial charge in [-0.05, 0) is 62.4 Å². The van der Waals surface area contributed by atoms with Crippen LogP contribution in [0.4, 0.5) is 11.5 Å². The van der Waals surface area contributed by atoms with Crippen molar-refractivity contribution >= 4 is 22.5 Å². The van der Waals surface area contributed by atoms with Gasteiger partial charge in [-0.1, -0.05) is 0 Å². The van der Waals surface area contributed by atoms with E-state index in [9.17, 15) is 10.4 Å². The zero-order valence-electron chi connectivity index (χ0n) is 19.8. The first-order chi connectivity index (χ1) is 17.5. The van der Waals surface area contributed by atoms with Crippen molar-refractivity contribution in [2.24, 2.45) is 0 Å². The molecule has 5 heterocycles. The van der Waals surface area contributed by atoms with Crippen molar-refractivity contribution < 1.29 is 9.84 Å². The Morgan fingerprint density at radius 1 is 1.19 bits per heavy atom. The minimum absolute atomic E-state index is 0.291. The first kappa shape index (κ1) is 22.0. The van der Waals surface area contributed by atoms with Gasteiger partial charge in [0.05, 0.1) is 30.4 Å². The van der Waals surface area contributed by atoms with E-state index in [1.54, 1.807) is 24.0 Å². The average molecular weight is 481 g/mol. The van der Waals surface area contributed by atoms with Gasteiger partial charge in [0.15, 0.2) is 11.5 Å². The fourth-order valence-electron chi connectivity index (χ4n) is 4.39. The number of aliphatic hydroxyl groups excluding tert-OH is 1. The average Bonchev–Trinajstić information content (AvgIpc) is 3.56. The Balaban J connectivity index is 1.34. The molecule has 36 heavy (non-hydrogen) atoms. The van der Waals surface area contributed by atoms with Crippen LogP contribution in [0.25, 0.3) is 22.7 Å². The number of nitrogens with zero attached hydrogens (tertiary/aromatic N) is 6. The summed E-state index contributed by atoms with van der Waals surface area (Å²) in [5, 5.41) is 27.3. The summed E-state index contributed by atoms with van der Waals surface area (Å²) >= 11 is 0. The smallest absolute Gasteiger partial charge is 0.163 e. The highest BCUT2D eigenvalue weighted by molar-refractivity contribution is 5.82. The van der Waals surface area contributed by atoms with Crippen LogP contribution in [0.15, 0.2) is 54.9 Å². The molecule has 0 saturated carbocycles. The van der Waals surface area contributed by atoms with Crippen molar-refractivity contribution in [3.05, 3.63) is 77.5 Å². The number of nitriles is 1. The Hall–Kier alpha value is -4.46. The molecule has 0 aliphatic carbocycles. The lowest BCUT2D eigenvalue weighted by Gasteiger charge is -2.24. The van der Waals surface area contributed by atoms with E-state index in [1.807, 2.05) is 47.9 Å². The number of aromatic amines is 1. The molecule has 1 atom stereocenters. The third-order valence-electron chi connectivity index (χ3n) is 6.40. The molecule has 1 unspecified atom stereocenters. The molecule has 1 aliphatic rings. The monoisotopic (exact) mass is 480 g/mol. The zero-order valence-corrected chi connectivity index (χ0v) is 19.8. The number of nitrogens with one attached hydrogen (secondary N) is 2. The lowest BCUT2D eigenvalue weighted by molar-refractivity contribution is 0.00695. The Morgan fingerprint density at radius 3 is 2.78 bits per heavy atom. The summed E-state index contributed by atoms with van der Waals surface area (Å²) in [6.45, 7) is 5.05. The number of imidazole rings is 1. The van der Waals surface area contributed by atoms with Crippen LogP contribution in [-0.4, -0.2) is 47.6 Å². The first-order valence-electron chi connectivity index (χ1n) is 11.7. The summed E-state index contributed by atoms with van der Waals surface area (Å²) in [5.41, 5.74) is 5.44. The Labute approximate surface area is 206 Å². The number of hydrogen-bond acceptors (Lipinski definition) is 7. The van der Waals surface area contributed by atoms with Crippen LogP contribution in [0.2, 0.25) is 0 Å². The minimum Gasteiger partial charge on any atom is -0.389 e. The number of benzene rings is 1. The lowest BCUT2D eigenvalue weighted by atomic mass is 10.1. The number of aliphatic hydroxyl groups is 1. The van der Waals surface area contributed by atoms with Crippen LogP contribution in [0, 0.1) is 18.3 Å². The molecule has 0 bridgehead atoms. The molecule has 10 nitrogen and oxygen atoms in total. The SMILES string of the molecule is Cc1cc(C#N)nn1-c1nc(-n2cnc3cc(Nc4ccc(C5COC5)[nH]4)ccc32)ccc1C(C)O. The van der Waals surface area contributed by atoms with E-state index in [2.05, 4.69) is 32.5 Å².